The molecule has 2 aromatic carbocycles. The third-order valence-corrected chi connectivity index (χ3v) is 4.79. The molecule has 159 valence electrons. The zero-order valence-electron chi connectivity index (χ0n) is 16.3. The molecule has 2 aliphatic heterocycles. The van der Waals surface area contributed by atoms with Crippen LogP contribution < -0.4 is 4.65 Å². The minimum Gasteiger partial charge on any atom is -0.537 e. The number of rotatable bonds is 3. The van der Waals surface area contributed by atoms with E-state index < -0.39 is 0 Å². The summed E-state index contributed by atoms with van der Waals surface area (Å²) in [7, 11) is 0.628. The highest BCUT2D eigenvalue weighted by Gasteiger charge is 2.10. The van der Waals surface area contributed by atoms with Crippen molar-refractivity contribution in [2.45, 2.75) is 11.3 Å². The molecule has 8 heteroatoms. The zero-order chi connectivity index (χ0) is 21.6. The van der Waals surface area contributed by atoms with Crippen molar-refractivity contribution in [1.29, 1.82) is 0 Å². The van der Waals surface area contributed by atoms with Gasteiger partial charge in [-0.25, -0.2) is 0 Å². The molecule has 30 heavy (non-hydrogen) atoms. The minimum absolute atomic E-state index is 0.105. The van der Waals surface area contributed by atoms with Crippen LogP contribution in [0.1, 0.15) is 11.5 Å². The summed E-state index contributed by atoms with van der Waals surface area (Å²) in [5.74, 6) is 0.956. The third-order valence-electron chi connectivity index (χ3n) is 4.02. The summed E-state index contributed by atoms with van der Waals surface area (Å²) >= 11 is 17.0. The number of halogens is 3. The van der Waals surface area contributed by atoms with E-state index in [-0.39, 0.29) is 5.38 Å². The van der Waals surface area contributed by atoms with E-state index in [1.165, 1.54) is 5.56 Å². The van der Waals surface area contributed by atoms with E-state index in [4.69, 9.17) is 49.3 Å². The van der Waals surface area contributed by atoms with Crippen molar-refractivity contribution >= 4 is 42.5 Å². The maximum atomic E-state index is 8.21. The van der Waals surface area contributed by atoms with E-state index in [0.29, 0.717) is 31.0 Å². The quantitative estimate of drug-likeness (QED) is 0.370. The van der Waals surface area contributed by atoms with Crippen molar-refractivity contribution in [3.8, 4) is 5.75 Å². The van der Waals surface area contributed by atoms with Gasteiger partial charge < -0.3 is 19.2 Å². The first kappa shape index (κ1) is 24.8. The molecule has 2 atom stereocenters. The van der Waals surface area contributed by atoms with Gasteiger partial charge in [0.1, 0.15) is 5.75 Å². The van der Waals surface area contributed by atoms with E-state index in [1.807, 2.05) is 36.4 Å². The topological polar surface area (TPSA) is 47.9 Å². The van der Waals surface area contributed by atoms with Crippen molar-refractivity contribution < 1.29 is 19.2 Å². The average molecular weight is 469 g/mol. The number of hydrogen-bond acceptors (Lipinski definition) is 4. The predicted molar refractivity (Wildman–Crippen MR) is 124 cm³/mol. The van der Waals surface area contributed by atoms with E-state index in [0.717, 1.165) is 24.8 Å². The minimum atomic E-state index is 0.105. The Morgan fingerprint density at radius 1 is 0.833 bits per heavy atom. The number of benzene rings is 2. The van der Waals surface area contributed by atoms with Gasteiger partial charge in [0.05, 0.1) is 31.8 Å². The van der Waals surface area contributed by atoms with Gasteiger partial charge >= 0.3 is 7.69 Å². The molecule has 0 aromatic heterocycles. The fraction of sp³-hybridized carbons (Fsp3) is 0.273. The molecule has 1 unspecified atom stereocenters. The van der Waals surface area contributed by atoms with E-state index in [2.05, 4.69) is 16.8 Å². The first-order valence-electron chi connectivity index (χ1n) is 9.35. The Morgan fingerprint density at radius 3 is 1.83 bits per heavy atom. The van der Waals surface area contributed by atoms with Crippen LogP contribution in [0.4, 0.5) is 0 Å². The van der Waals surface area contributed by atoms with E-state index in [1.54, 1.807) is 24.3 Å². The Morgan fingerprint density at radius 2 is 1.40 bits per heavy atom. The molecule has 4 nitrogen and oxygen atoms in total. The summed E-state index contributed by atoms with van der Waals surface area (Å²) in [4.78, 5) is 0. The molecular weight excluding hydrogens is 445 g/mol. The molecule has 0 fully saturated rings. The fourth-order valence-corrected chi connectivity index (χ4v) is 2.98. The molecule has 2 aliphatic rings. The molecule has 4 rings (SSSR count). The van der Waals surface area contributed by atoms with Crippen LogP contribution in [-0.2, 0) is 9.47 Å². The van der Waals surface area contributed by atoms with Gasteiger partial charge in [0.25, 0.3) is 0 Å². The van der Waals surface area contributed by atoms with Crippen LogP contribution in [0.25, 0.3) is 0 Å². The van der Waals surface area contributed by atoms with Crippen LogP contribution in [0.5, 0.6) is 5.75 Å². The van der Waals surface area contributed by atoms with Crippen molar-refractivity contribution in [3.63, 3.8) is 0 Å². The normalized spacial score (nSPS) is 19.6. The van der Waals surface area contributed by atoms with Crippen LogP contribution >= 0.6 is 34.8 Å². The smallest absolute Gasteiger partial charge is 0.537 e. The highest BCUT2D eigenvalue weighted by atomic mass is 35.5. The van der Waals surface area contributed by atoms with Gasteiger partial charge in [0, 0.05) is 16.0 Å². The van der Waals surface area contributed by atoms with Gasteiger partial charge in [-0.2, -0.15) is 0 Å². The van der Waals surface area contributed by atoms with E-state index >= 15 is 0 Å². The van der Waals surface area contributed by atoms with E-state index in [9.17, 15) is 0 Å². The van der Waals surface area contributed by atoms with Crippen LogP contribution in [-0.4, -0.2) is 44.5 Å². The molecule has 1 N–H and O–H groups in total. The monoisotopic (exact) mass is 467 g/mol. The van der Waals surface area contributed by atoms with Crippen molar-refractivity contribution in [2.75, 3.05) is 26.4 Å². The highest BCUT2D eigenvalue weighted by molar-refractivity contribution is 6.30. The van der Waals surface area contributed by atoms with Crippen LogP contribution in [0.15, 0.2) is 72.8 Å². The summed E-state index contributed by atoms with van der Waals surface area (Å²) in [6.45, 7) is 2.91. The largest absolute Gasteiger partial charge is 0.569 e. The molecule has 0 bridgehead atoms. The highest BCUT2D eigenvalue weighted by Crippen LogP contribution is 2.22. The number of hydrogen-bond donors (Lipinski definition) is 1. The molecule has 0 saturated carbocycles. The summed E-state index contributed by atoms with van der Waals surface area (Å²) in [6.07, 6.45) is 8.13. The van der Waals surface area contributed by atoms with Gasteiger partial charge in [0.2, 0.25) is 0 Å². The third kappa shape index (κ3) is 10.0. The predicted octanol–water partition coefficient (Wildman–Crippen LogP) is 5.44. The molecule has 0 saturated heterocycles. The lowest BCUT2D eigenvalue weighted by Crippen LogP contribution is -2.10. The molecule has 0 spiro atoms. The van der Waals surface area contributed by atoms with Crippen molar-refractivity contribution in [1.82, 2.24) is 0 Å². The number of alkyl halides is 1. The summed E-state index contributed by atoms with van der Waals surface area (Å²) < 4.78 is 14.9. The van der Waals surface area contributed by atoms with Gasteiger partial charge in [-0.1, -0.05) is 59.6 Å². The maximum Gasteiger partial charge on any atom is 0.569 e. The SMILES string of the molecule is ClC1C=CCOC1.Clc1ccc([C@@H]2C=CCOC2)cc1.O[B]Oc1ccc(Cl)cc1. The lowest BCUT2D eigenvalue weighted by molar-refractivity contribution is 0.146. The summed E-state index contributed by atoms with van der Waals surface area (Å²) in [6, 6.07) is 14.6. The fourth-order valence-electron chi connectivity index (χ4n) is 2.54. The van der Waals surface area contributed by atoms with Gasteiger partial charge in [-0.3, -0.25) is 0 Å². The maximum absolute atomic E-state index is 8.21. The molecule has 1 radical (unpaired) electrons. The standard InChI is InChI=1S/C11H11ClO.C6H5BClO2.C5H7ClO/c12-11-5-3-9(4-6-11)10-2-1-7-13-8-10;8-5-1-3-6(4-2-5)10-7-9;6-5-2-1-3-7-4-5/h1-6,10H,7-8H2;1-4,9H;1-2,5H,3-4H2/t10-;;/m1../s1. The second kappa shape index (κ2) is 14.5. The Bertz CT molecular complexity index is 782. The lowest BCUT2D eigenvalue weighted by Gasteiger charge is -2.16. The zero-order valence-corrected chi connectivity index (χ0v) is 18.6. The Hall–Kier alpha value is -1.47. The summed E-state index contributed by atoms with van der Waals surface area (Å²) in [5, 5.41) is 9.74. The van der Waals surface area contributed by atoms with Crippen LogP contribution in [0.2, 0.25) is 10.0 Å². The molecule has 2 aromatic rings. The Kier molecular flexibility index (Phi) is 12.0. The second-order valence-corrected chi connectivity index (χ2v) is 7.72. The lowest BCUT2D eigenvalue weighted by atomic mass is 9.99. The van der Waals surface area contributed by atoms with Gasteiger partial charge in [-0.05, 0) is 42.0 Å². The average Bonchev–Trinajstić information content (AvgIpc) is 2.78. The van der Waals surface area contributed by atoms with Gasteiger partial charge in [0.15, 0.2) is 0 Å². The first-order chi connectivity index (χ1) is 14.6. The Labute approximate surface area is 193 Å². The molecular formula is C22H23BCl3O4. The second-order valence-electron chi connectivity index (χ2n) is 6.28. The molecule has 2 heterocycles. The first-order valence-corrected chi connectivity index (χ1v) is 10.5. The van der Waals surface area contributed by atoms with Crippen LogP contribution in [0, 0.1) is 0 Å². The molecule has 0 aliphatic carbocycles. The summed E-state index contributed by atoms with van der Waals surface area (Å²) in [5.41, 5.74) is 1.26. The Balaban J connectivity index is 0.000000168. The molecule has 0 amide bonds. The van der Waals surface area contributed by atoms with Crippen molar-refractivity contribution in [2.24, 2.45) is 0 Å². The van der Waals surface area contributed by atoms with Gasteiger partial charge in [-0.15, -0.1) is 11.6 Å². The number of ether oxygens (including phenoxy) is 2. The van der Waals surface area contributed by atoms with Crippen LogP contribution in [0.3, 0.4) is 0 Å². The van der Waals surface area contributed by atoms with Crippen molar-refractivity contribution in [3.05, 3.63) is 88.4 Å².